The van der Waals surface area contributed by atoms with E-state index in [9.17, 15) is 4.79 Å². The molecule has 0 radical (unpaired) electrons. The maximum absolute atomic E-state index is 11.9. The van der Waals surface area contributed by atoms with Crippen LogP contribution in [0, 0.1) is 0 Å². The summed E-state index contributed by atoms with van der Waals surface area (Å²) in [5.74, 6) is 1.59. The molecule has 1 aliphatic carbocycles. The van der Waals surface area contributed by atoms with Crippen LogP contribution in [0.4, 0.5) is 0 Å². The number of hydrogen-bond donors (Lipinski definition) is 3. The second-order valence-electron chi connectivity index (χ2n) is 5.58. The Morgan fingerprint density at radius 1 is 1.32 bits per heavy atom. The molecule has 1 fully saturated rings. The van der Waals surface area contributed by atoms with Crippen LogP contribution < -0.4 is 16.0 Å². The number of amides is 1. The second-order valence-corrected chi connectivity index (χ2v) is 5.58. The standard InChI is InChI=1S/C16H26N4O2/c1-17-16(18-10-9-14-8-5-11-22-14)19-12-15(21)20-13-6-3-2-4-7-13/h5,8,11,13H,2-4,6-7,9-10,12H2,1H3,(H,20,21)(H2,17,18,19). The van der Waals surface area contributed by atoms with E-state index in [0.29, 0.717) is 18.5 Å². The lowest BCUT2D eigenvalue weighted by molar-refractivity contribution is -0.120. The van der Waals surface area contributed by atoms with Gasteiger partial charge in [-0.2, -0.15) is 0 Å². The molecule has 1 aromatic heterocycles. The predicted octanol–water partition coefficient (Wildman–Crippen LogP) is 1.44. The maximum Gasteiger partial charge on any atom is 0.239 e. The molecule has 0 spiro atoms. The van der Waals surface area contributed by atoms with Crippen LogP contribution in [0.3, 0.4) is 0 Å². The lowest BCUT2D eigenvalue weighted by Gasteiger charge is -2.23. The first-order valence-electron chi connectivity index (χ1n) is 8.04. The van der Waals surface area contributed by atoms with Crippen LogP contribution >= 0.6 is 0 Å². The number of guanidine groups is 1. The van der Waals surface area contributed by atoms with Gasteiger partial charge in [-0.3, -0.25) is 9.79 Å². The molecule has 3 N–H and O–H groups in total. The van der Waals surface area contributed by atoms with E-state index in [-0.39, 0.29) is 12.5 Å². The lowest BCUT2D eigenvalue weighted by Crippen LogP contribution is -2.46. The zero-order valence-electron chi connectivity index (χ0n) is 13.2. The molecule has 1 heterocycles. The first-order valence-corrected chi connectivity index (χ1v) is 8.04. The number of furan rings is 1. The highest BCUT2D eigenvalue weighted by Crippen LogP contribution is 2.16. The molecule has 0 atom stereocenters. The summed E-state index contributed by atoms with van der Waals surface area (Å²) in [5.41, 5.74) is 0. The average molecular weight is 306 g/mol. The molecular formula is C16H26N4O2. The van der Waals surface area contributed by atoms with Crippen molar-refractivity contribution in [1.82, 2.24) is 16.0 Å². The Hall–Kier alpha value is -1.98. The third kappa shape index (κ3) is 5.79. The third-order valence-electron chi connectivity index (χ3n) is 3.85. The molecule has 6 nitrogen and oxygen atoms in total. The molecule has 1 amide bonds. The highest BCUT2D eigenvalue weighted by molar-refractivity contribution is 5.86. The fraction of sp³-hybridized carbons (Fsp3) is 0.625. The lowest BCUT2D eigenvalue weighted by atomic mass is 9.95. The van der Waals surface area contributed by atoms with Gasteiger partial charge in [0.25, 0.3) is 0 Å². The van der Waals surface area contributed by atoms with Crippen molar-refractivity contribution < 1.29 is 9.21 Å². The number of hydrogen-bond acceptors (Lipinski definition) is 3. The fourth-order valence-corrected chi connectivity index (χ4v) is 2.67. The van der Waals surface area contributed by atoms with Crippen LogP contribution in [0.25, 0.3) is 0 Å². The molecule has 0 saturated heterocycles. The molecule has 0 bridgehead atoms. The Labute approximate surface area is 131 Å². The summed E-state index contributed by atoms with van der Waals surface area (Å²) < 4.78 is 5.27. The zero-order chi connectivity index (χ0) is 15.6. The van der Waals surface area contributed by atoms with Crippen molar-refractivity contribution in [2.75, 3.05) is 20.1 Å². The molecule has 22 heavy (non-hydrogen) atoms. The van der Waals surface area contributed by atoms with Gasteiger partial charge >= 0.3 is 0 Å². The molecule has 1 saturated carbocycles. The van der Waals surface area contributed by atoms with Gasteiger partial charge < -0.3 is 20.4 Å². The quantitative estimate of drug-likeness (QED) is 0.549. The van der Waals surface area contributed by atoms with Gasteiger partial charge in [0, 0.05) is 26.1 Å². The Balaban J connectivity index is 1.61. The van der Waals surface area contributed by atoms with Crippen molar-refractivity contribution in [2.24, 2.45) is 4.99 Å². The van der Waals surface area contributed by atoms with E-state index in [1.54, 1.807) is 13.3 Å². The van der Waals surface area contributed by atoms with Gasteiger partial charge in [0.1, 0.15) is 5.76 Å². The Morgan fingerprint density at radius 2 is 2.14 bits per heavy atom. The van der Waals surface area contributed by atoms with Crippen molar-refractivity contribution in [1.29, 1.82) is 0 Å². The summed E-state index contributed by atoms with van der Waals surface area (Å²) in [6, 6.07) is 4.16. The van der Waals surface area contributed by atoms with Crippen molar-refractivity contribution in [2.45, 2.75) is 44.6 Å². The van der Waals surface area contributed by atoms with E-state index in [4.69, 9.17) is 4.42 Å². The van der Waals surface area contributed by atoms with Crippen LogP contribution in [0.1, 0.15) is 37.9 Å². The van der Waals surface area contributed by atoms with E-state index >= 15 is 0 Å². The van der Waals surface area contributed by atoms with E-state index in [1.165, 1.54) is 19.3 Å². The van der Waals surface area contributed by atoms with Gasteiger partial charge in [-0.25, -0.2) is 0 Å². The van der Waals surface area contributed by atoms with Gasteiger partial charge in [0.2, 0.25) is 5.91 Å². The number of carbonyl (C=O) groups is 1. The monoisotopic (exact) mass is 306 g/mol. The minimum atomic E-state index is 0.0286. The van der Waals surface area contributed by atoms with Crippen LogP contribution in [-0.4, -0.2) is 38.0 Å². The van der Waals surface area contributed by atoms with Crippen LogP contribution in [0.15, 0.2) is 27.8 Å². The summed E-state index contributed by atoms with van der Waals surface area (Å²) >= 11 is 0. The topological polar surface area (TPSA) is 78.7 Å². The summed E-state index contributed by atoms with van der Waals surface area (Å²) in [4.78, 5) is 16.0. The minimum Gasteiger partial charge on any atom is -0.469 e. The van der Waals surface area contributed by atoms with Gasteiger partial charge in [-0.15, -0.1) is 0 Å². The van der Waals surface area contributed by atoms with Crippen molar-refractivity contribution in [3.63, 3.8) is 0 Å². The van der Waals surface area contributed by atoms with Crippen molar-refractivity contribution in [3.8, 4) is 0 Å². The number of carbonyl (C=O) groups excluding carboxylic acids is 1. The highest BCUT2D eigenvalue weighted by Gasteiger charge is 2.15. The molecule has 2 rings (SSSR count). The number of nitrogens with zero attached hydrogens (tertiary/aromatic N) is 1. The van der Waals surface area contributed by atoms with Gasteiger partial charge in [-0.05, 0) is 25.0 Å². The zero-order valence-corrected chi connectivity index (χ0v) is 13.2. The SMILES string of the molecule is CN=C(NCCc1ccco1)NCC(=O)NC1CCCCC1. The predicted molar refractivity (Wildman–Crippen MR) is 86.8 cm³/mol. The first-order chi connectivity index (χ1) is 10.8. The smallest absolute Gasteiger partial charge is 0.239 e. The molecule has 0 aromatic carbocycles. The van der Waals surface area contributed by atoms with Crippen LogP contribution in [0.5, 0.6) is 0 Å². The minimum absolute atomic E-state index is 0.0286. The van der Waals surface area contributed by atoms with E-state index in [2.05, 4.69) is 20.9 Å². The second kappa shape index (κ2) is 9.12. The normalized spacial score (nSPS) is 16.3. The number of nitrogens with one attached hydrogen (secondary N) is 3. The molecule has 122 valence electrons. The van der Waals surface area contributed by atoms with Gasteiger partial charge in [0.15, 0.2) is 5.96 Å². The van der Waals surface area contributed by atoms with E-state index in [0.717, 1.165) is 25.0 Å². The Morgan fingerprint density at radius 3 is 2.82 bits per heavy atom. The summed E-state index contributed by atoms with van der Waals surface area (Å²) in [5, 5.41) is 9.28. The largest absolute Gasteiger partial charge is 0.469 e. The van der Waals surface area contributed by atoms with Crippen molar-refractivity contribution >= 4 is 11.9 Å². The van der Waals surface area contributed by atoms with E-state index in [1.807, 2.05) is 12.1 Å². The molecule has 1 aliphatic rings. The summed E-state index contributed by atoms with van der Waals surface area (Å²) in [7, 11) is 1.70. The molecule has 1 aromatic rings. The van der Waals surface area contributed by atoms with Crippen molar-refractivity contribution in [3.05, 3.63) is 24.2 Å². The summed E-state index contributed by atoms with van der Waals surface area (Å²) in [6.07, 6.45) is 8.36. The number of aliphatic imine (C=N–C) groups is 1. The Kier molecular flexibility index (Phi) is 6.80. The molecule has 6 heteroatoms. The van der Waals surface area contributed by atoms with E-state index < -0.39 is 0 Å². The summed E-state index contributed by atoms with van der Waals surface area (Å²) in [6.45, 7) is 0.953. The maximum atomic E-state index is 11.9. The average Bonchev–Trinajstić information content (AvgIpc) is 3.05. The van der Waals surface area contributed by atoms with Gasteiger partial charge in [0.05, 0.1) is 12.8 Å². The number of rotatable bonds is 6. The molecular weight excluding hydrogens is 280 g/mol. The molecule has 0 aliphatic heterocycles. The fourth-order valence-electron chi connectivity index (χ4n) is 2.67. The first kappa shape index (κ1) is 16.4. The highest BCUT2D eigenvalue weighted by atomic mass is 16.3. The van der Waals surface area contributed by atoms with Gasteiger partial charge in [-0.1, -0.05) is 19.3 Å². The Bertz CT molecular complexity index is 465. The third-order valence-corrected chi connectivity index (χ3v) is 3.85. The van der Waals surface area contributed by atoms with Crippen LogP contribution in [-0.2, 0) is 11.2 Å². The molecule has 0 unspecified atom stereocenters. The van der Waals surface area contributed by atoms with Crippen LogP contribution in [0.2, 0.25) is 0 Å².